The molecule has 0 saturated carbocycles. The molecule has 0 aliphatic carbocycles. The summed E-state index contributed by atoms with van der Waals surface area (Å²) in [4.78, 5) is 15.2. The molecule has 0 fully saturated rings. The van der Waals surface area contributed by atoms with Crippen LogP contribution in [-0.4, -0.2) is 15.0 Å². The third-order valence-corrected chi connectivity index (χ3v) is 4.09. The van der Waals surface area contributed by atoms with Crippen molar-refractivity contribution in [2.75, 3.05) is 0 Å². The normalized spacial score (nSPS) is 12.2. The molecule has 0 bridgehead atoms. The third kappa shape index (κ3) is 3.27. The maximum Gasteiger partial charge on any atom is 0.283 e. The van der Waals surface area contributed by atoms with Gasteiger partial charge < -0.3 is 5.11 Å². The van der Waals surface area contributed by atoms with E-state index in [0.29, 0.717) is 20.5 Å². The molecule has 0 radical (unpaired) electrons. The van der Waals surface area contributed by atoms with E-state index in [1.807, 2.05) is 0 Å². The van der Waals surface area contributed by atoms with Gasteiger partial charge in [0.2, 0.25) is 0 Å². The van der Waals surface area contributed by atoms with E-state index in [9.17, 15) is 15.2 Å². The summed E-state index contributed by atoms with van der Waals surface area (Å²) in [6, 6.07) is 7.97. The van der Waals surface area contributed by atoms with Crippen LogP contribution in [0.2, 0.25) is 5.02 Å². The molecule has 1 heterocycles. The molecule has 2 aromatic rings. The van der Waals surface area contributed by atoms with Gasteiger partial charge in [0.25, 0.3) is 5.69 Å². The zero-order valence-electron chi connectivity index (χ0n) is 10.5. The van der Waals surface area contributed by atoms with Crippen molar-refractivity contribution in [2.45, 2.75) is 22.9 Å². The van der Waals surface area contributed by atoms with Gasteiger partial charge in [-0.3, -0.25) is 10.1 Å². The molecule has 104 valence electrons. The highest BCUT2D eigenvalue weighted by Crippen LogP contribution is 2.37. The Bertz CT molecular complexity index is 649. The molecule has 1 aromatic heterocycles. The minimum Gasteiger partial charge on any atom is -0.389 e. The molecule has 5 nitrogen and oxygen atoms in total. The molecule has 0 saturated heterocycles. The summed E-state index contributed by atoms with van der Waals surface area (Å²) in [6.45, 7) is 1.56. The molecule has 0 aliphatic rings. The van der Waals surface area contributed by atoms with Gasteiger partial charge in [-0.1, -0.05) is 29.4 Å². The maximum atomic E-state index is 11.1. The standard InChI is InChI=1S/C13H11ClN2O3S/c1-8(17)9-4-5-12(11(7-9)16(18)19)20-13-10(14)3-2-6-15-13/h2-8,17H,1H3. The summed E-state index contributed by atoms with van der Waals surface area (Å²) in [5.74, 6) is 0. The Hall–Kier alpha value is -1.63. The van der Waals surface area contributed by atoms with Gasteiger partial charge in [0.1, 0.15) is 5.03 Å². The number of nitro benzene ring substituents is 1. The molecule has 1 aromatic carbocycles. The van der Waals surface area contributed by atoms with Gasteiger partial charge in [-0.2, -0.15) is 0 Å². The maximum absolute atomic E-state index is 11.1. The molecule has 1 atom stereocenters. The number of hydrogen-bond donors (Lipinski definition) is 1. The number of rotatable bonds is 4. The Morgan fingerprint density at radius 1 is 1.45 bits per heavy atom. The first-order valence-electron chi connectivity index (χ1n) is 5.74. The number of aromatic nitrogens is 1. The molecule has 2 rings (SSSR count). The van der Waals surface area contributed by atoms with Gasteiger partial charge in [0.15, 0.2) is 0 Å². The van der Waals surface area contributed by atoms with Gasteiger partial charge in [-0.15, -0.1) is 0 Å². The van der Waals surface area contributed by atoms with Crippen LogP contribution in [0.4, 0.5) is 5.69 Å². The third-order valence-electron chi connectivity index (χ3n) is 2.59. The van der Waals surface area contributed by atoms with E-state index in [4.69, 9.17) is 11.6 Å². The van der Waals surface area contributed by atoms with Crippen molar-refractivity contribution in [3.8, 4) is 0 Å². The Kier molecular flexibility index (Phi) is 4.59. The van der Waals surface area contributed by atoms with Crippen molar-refractivity contribution >= 4 is 29.1 Å². The van der Waals surface area contributed by atoms with Crippen LogP contribution in [0.3, 0.4) is 0 Å². The largest absolute Gasteiger partial charge is 0.389 e. The Morgan fingerprint density at radius 3 is 2.80 bits per heavy atom. The quantitative estimate of drug-likeness (QED) is 0.685. The van der Waals surface area contributed by atoms with Crippen LogP contribution in [0.25, 0.3) is 0 Å². The predicted molar refractivity (Wildman–Crippen MR) is 77.1 cm³/mol. The van der Waals surface area contributed by atoms with Crippen molar-refractivity contribution in [3.63, 3.8) is 0 Å². The van der Waals surface area contributed by atoms with E-state index in [-0.39, 0.29) is 5.69 Å². The minimum atomic E-state index is -0.758. The van der Waals surface area contributed by atoms with Gasteiger partial charge >= 0.3 is 0 Å². The molecule has 0 amide bonds. The summed E-state index contributed by atoms with van der Waals surface area (Å²) in [7, 11) is 0. The average Bonchev–Trinajstić information content (AvgIpc) is 2.41. The van der Waals surface area contributed by atoms with Crippen molar-refractivity contribution in [2.24, 2.45) is 0 Å². The van der Waals surface area contributed by atoms with Crippen LogP contribution in [0.15, 0.2) is 46.5 Å². The van der Waals surface area contributed by atoms with E-state index >= 15 is 0 Å². The zero-order chi connectivity index (χ0) is 14.7. The number of pyridine rings is 1. The molecule has 20 heavy (non-hydrogen) atoms. The molecular weight excluding hydrogens is 300 g/mol. The second-order valence-corrected chi connectivity index (χ2v) is 5.49. The zero-order valence-corrected chi connectivity index (χ0v) is 12.1. The Balaban J connectivity index is 2.41. The van der Waals surface area contributed by atoms with Crippen LogP contribution >= 0.6 is 23.4 Å². The molecule has 1 N–H and O–H groups in total. The summed E-state index contributed by atoms with van der Waals surface area (Å²) in [5.41, 5.74) is 0.420. The monoisotopic (exact) mass is 310 g/mol. The van der Waals surface area contributed by atoms with Crippen molar-refractivity contribution in [1.29, 1.82) is 0 Å². The number of halogens is 1. The van der Waals surface area contributed by atoms with E-state index in [1.54, 1.807) is 37.4 Å². The second kappa shape index (κ2) is 6.21. The highest BCUT2D eigenvalue weighted by Gasteiger charge is 2.18. The highest BCUT2D eigenvalue weighted by molar-refractivity contribution is 7.99. The SMILES string of the molecule is CC(O)c1ccc(Sc2ncccc2Cl)c([N+](=O)[O-])c1. The van der Waals surface area contributed by atoms with Crippen LogP contribution in [0.1, 0.15) is 18.6 Å². The summed E-state index contributed by atoms with van der Waals surface area (Å²) >= 11 is 7.12. The molecular formula is C13H11ClN2O3S. The van der Waals surface area contributed by atoms with Gasteiger partial charge in [-0.05, 0) is 30.7 Å². The fourth-order valence-electron chi connectivity index (χ4n) is 1.57. The van der Waals surface area contributed by atoms with Crippen LogP contribution in [0.5, 0.6) is 0 Å². The summed E-state index contributed by atoms with van der Waals surface area (Å²) < 4.78 is 0. The number of nitro groups is 1. The number of hydrogen-bond acceptors (Lipinski definition) is 5. The lowest BCUT2D eigenvalue weighted by Crippen LogP contribution is -1.96. The summed E-state index contributed by atoms with van der Waals surface area (Å²) in [6.07, 6.45) is 0.815. The second-order valence-electron chi connectivity index (χ2n) is 4.05. The number of benzene rings is 1. The van der Waals surface area contributed by atoms with E-state index in [2.05, 4.69) is 4.98 Å². The van der Waals surface area contributed by atoms with E-state index in [1.165, 1.54) is 6.07 Å². The fourth-order valence-corrected chi connectivity index (χ4v) is 2.67. The highest BCUT2D eigenvalue weighted by atomic mass is 35.5. The first-order valence-corrected chi connectivity index (χ1v) is 6.93. The minimum absolute atomic E-state index is 0.0740. The van der Waals surface area contributed by atoms with Crippen LogP contribution in [-0.2, 0) is 0 Å². The smallest absolute Gasteiger partial charge is 0.283 e. The predicted octanol–water partition coefficient (Wildman–Crippen LogP) is 3.85. The Labute approximate surface area is 124 Å². The van der Waals surface area contributed by atoms with Gasteiger partial charge in [0, 0.05) is 12.3 Å². The first-order chi connectivity index (χ1) is 9.49. The lowest BCUT2D eigenvalue weighted by molar-refractivity contribution is -0.387. The number of aliphatic hydroxyl groups excluding tert-OH is 1. The van der Waals surface area contributed by atoms with Crippen LogP contribution in [0, 0.1) is 10.1 Å². The fraction of sp³-hybridized carbons (Fsp3) is 0.154. The van der Waals surface area contributed by atoms with Crippen molar-refractivity contribution < 1.29 is 10.0 Å². The van der Waals surface area contributed by atoms with E-state index < -0.39 is 11.0 Å². The number of aliphatic hydroxyl groups is 1. The number of nitrogens with zero attached hydrogens (tertiary/aromatic N) is 2. The van der Waals surface area contributed by atoms with Crippen molar-refractivity contribution in [1.82, 2.24) is 4.98 Å². The molecule has 1 unspecified atom stereocenters. The van der Waals surface area contributed by atoms with E-state index in [0.717, 1.165) is 11.8 Å². The lowest BCUT2D eigenvalue weighted by Gasteiger charge is -2.08. The molecule has 0 spiro atoms. The molecule has 0 aliphatic heterocycles. The van der Waals surface area contributed by atoms with Crippen LogP contribution < -0.4 is 0 Å². The summed E-state index contributed by atoms with van der Waals surface area (Å²) in [5, 5.41) is 21.6. The van der Waals surface area contributed by atoms with Gasteiger partial charge in [0.05, 0.1) is 20.9 Å². The van der Waals surface area contributed by atoms with Gasteiger partial charge in [-0.25, -0.2) is 4.98 Å². The Morgan fingerprint density at radius 2 is 2.20 bits per heavy atom. The average molecular weight is 311 g/mol. The first kappa shape index (κ1) is 14.8. The topological polar surface area (TPSA) is 76.3 Å². The lowest BCUT2D eigenvalue weighted by atomic mass is 10.1. The molecule has 7 heteroatoms. The van der Waals surface area contributed by atoms with Crippen molar-refractivity contribution in [3.05, 3.63) is 57.2 Å².